The van der Waals surface area contributed by atoms with Crippen LogP contribution in [0.25, 0.3) is 11.0 Å². The predicted octanol–water partition coefficient (Wildman–Crippen LogP) is 2.41. The van der Waals surface area contributed by atoms with E-state index in [9.17, 15) is 0 Å². The summed E-state index contributed by atoms with van der Waals surface area (Å²) in [5.41, 5.74) is 9.46. The van der Waals surface area contributed by atoms with Gasteiger partial charge in [0, 0.05) is 12.6 Å². The van der Waals surface area contributed by atoms with Crippen LogP contribution in [-0.4, -0.2) is 33.6 Å². The van der Waals surface area contributed by atoms with E-state index in [0.717, 1.165) is 17.6 Å². The standard InChI is InChI=1S/C15H22N4/c1-11-5-6-14-13(9-11)17-15(16)19(14)10-12(2)18-7-3-4-8-18/h5-6,9,12H,3-4,7-8,10H2,1-2H3,(H2,16,17). The van der Waals surface area contributed by atoms with Crippen molar-refractivity contribution in [3.05, 3.63) is 23.8 Å². The molecule has 2 heterocycles. The molecule has 0 spiro atoms. The van der Waals surface area contributed by atoms with Gasteiger partial charge in [-0.05, 0) is 57.5 Å². The maximum absolute atomic E-state index is 6.08. The van der Waals surface area contributed by atoms with Crippen LogP contribution in [0.3, 0.4) is 0 Å². The lowest BCUT2D eigenvalue weighted by molar-refractivity contribution is 0.238. The Morgan fingerprint density at radius 1 is 1.32 bits per heavy atom. The lowest BCUT2D eigenvalue weighted by atomic mass is 10.2. The number of likely N-dealkylation sites (tertiary alicyclic amines) is 1. The summed E-state index contributed by atoms with van der Waals surface area (Å²) in [6.07, 6.45) is 2.65. The van der Waals surface area contributed by atoms with Crippen molar-refractivity contribution in [2.24, 2.45) is 0 Å². The van der Waals surface area contributed by atoms with Crippen LogP contribution in [0.15, 0.2) is 18.2 Å². The number of hydrogen-bond acceptors (Lipinski definition) is 3. The highest BCUT2D eigenvalue weighted by Crippen LogP contribution is 2.21. The number of aryl methyl sites for hydroxylation is 1. The summed E-state index contributed by atoms with van der Waals surface area (Å²) in [7, 11) is 0. The summed E-state index contributed by atoms with van der Waals surface area (Å²) in [5, 5.41) is 0. The molecule has 0 radical (unpaired) electrons. The van der Waals surface area contributed by atoms with Crippen LogP contribution in [-0.2, 0) is 6.54 Å². The maximum atomic E-state index is 6.08. The number of nitrogens with zero attached hydrogens (tertiary/aromatic N) is 3. The average Bonchev–Trinajstić information content (AvgIpc) is 2.98. The summed E-state index contributed by atoms with van der Waals surface area (Å²) < 4.78 is 2.15. The number of imidazole rings is 1. The van der Waals surface area contributed by atoms with Gasteiger partial charge in [0.2, 0.25) is 5.95 Å². The smallest absolute Gasteiger partial charge is 0.201 e. The molecule has 1 fully saturated rings. The van der Waals surface area contributed by atoms with Gasteiger partial charge in [-0.2, -0.15) is 0 Å². The molecule has 1 atom stereocenters. The molecule has 1 aromatic heterocycles. The molecular weight excluding hydrogens is 236 g/mol. The van der Waals surface area contributed by atoms with Crippen LogP contribution in [0.2, 0.25) is 0 Å². The third-order valence-corrected chi connectivity index (χ3v) is 4.14. The van der Waals surface area contributed by atoms with E-state index in [1.54, 1.807) is 0 Å². The molecule has 1 aromatic carbocycles. The fraction of sp³-hybridized carbons (Fsp3) is 0.533. The molecule has 1 saturated heterocycles. The highest BCUT2D eigenvalue weighted by atomic mass is 15.2. The molecular formula is C15H22N4. The van der Waals surface area contributed by atoms with Crippen molar-refractivity contribution in [3.63, 3.8) is 0 Å². The minimum atomic E-state index is 0.517. The van der Waals surface area contributed by atoms with E-state index in [0.29, 0.717) is 12.0 Å². The van der Waals surface area contributed by atoms with Crippen molar-refractivity contribution >= 4 is 17.0 Å². The van der Waals surface area contributed by atoms with Crippen LogP contribution >= 0.6 is 0 Å². The molecule has 4 nitrogen and oxygen atoms in total. The zero-order chi connectivity index (χ0) is 13.4. The zero-order valence-electron chi connectivity index (χ0n) is 11.8. The van der Waals surface area contributed by atoms with Crippen LogP contribution in [0.5, 0.6) is 0 Å². The molecule has 1 aliphatic rings. The van der Waals surface area contributed by atoms with E-state index < -0.39 is 0 Å². The lowest BCUT2D eigenvalue weighted by Crippen LogP contribution is -2.33. The topological polar surface area (TPSA) is 47.1 Å². The van der Waals surface area contributed by atoms with Gasteiger partial charge in [-0.3, -0.25) is 4.90 Å². The Hall–Kier alpha value is -1.55. The van der Waals surface area contributed by atoms with Crippen molar-refractivity contribution in [2.75, 3.05) is 18.8 Å². The van der Waals surface area contributed by atoms with Gasteiger partial charge in [0.05, 0.1) is 11.0 Å². The first-order valence-corrected chi connectivity index (χ1v) is 7.11. The molecule has 3 rings (SSSR count). The van der Waals surface area contributed by atoms with Gasteiger partial charge in [0.1, 0.15) is 0 Å². The molecule has 0 bridgehead atoms. The molecule has 19 heavy (non-hydrogen) atoms. The van der Waals surface area contributed by atoms with Gasteiger partial charge < -0.3 is 10.3 Å². The van der Waals surface area contributed by atoms with E-state index in [-0.39, 0.29) is 0 Å². The maximum Gasteiger partial charge on any atom is 0.201 e. The van der Waals surface area contributed by atoms with Crippen molar-refractivity contribution in [3.8, 4) is 0 Å². The van der Waals surface area contributed by atoms with E-state index in [1.165, 1.54) is 31.5 Å². The minimum absolute atomic E-state index is 0.517. The quantitative estimate of drug-likeness (QED) is 0.919. The molecule has 2 N–H and O–H groups in total. The van der Waals surface area contributed by atoms with Crippen LogP contribution in [0.4, 0.5) is 5.95 Å². The van der Waals surface area contributed by atoms with Crippen molar-refractivity contribution in [2.45, 2.75) is 39.3 Å². The minimum Gasteiger partial charge on any atom is -0.369 e. The van der Waals surface area contributed by atoms with E-state index >= 15 is 0 Å². The number of benzene rings is 1. The average molecular weight is 258 g/mol. The number of nitrogen functional groups attached to an aromatic ring is 1. The monoisotopic (exact) mass is 258 g/mol. The molecule has 102 valence electrons. The van der Waals surface area contributed by atoms with Gasteiger partial charge in [-0.15, -0.1) is 0 Å². The Balaban J connectivity index is 1.89. The highest BCUT2D eigenvalue weighted by Gasteiger charge is 2.20. The third-order valence-electron chi connectivity index (χ3n) is 4.14. The SMILES string of the molecule is Cc1ccc2c(c1)nc(N)n2CC(C)N1CCCC1. The van der Waals surface area contributed by atoms with Gasteiger partial charge in [-0.1, -0.05) is 6.07 Å². The lowest BCUT2D eigenvalue weighted by Gasteiger charge is -2.24. The van der Waals surface area contributed by atoms with Crippen LogP contribution < -0.4 is 5.73 Å². The second kappa shape index (κ2) is 4.85. The molecule has 1 unspecified atom stereocenters. The summed E-state index contributed by atoms with van der Waals surface area (Å²) in [6, 6.07) is 6.87. The van der Waals surface area contributed by atoms with Crippen LogP contribution in [0, 0.1) is 6.92 Å². The summed E-state index contributed by atoms with van der Waals surface area (Å²) in [4.78, 5) is 7.02. The van der Waals surface area contributed by atoms with Crippen molar-refractivity contribution in [1.29, 1.82) is 0 Å². The van der Waals surface area contributed by atoms with E-state index in [4.69, 9.17) is 5.73 Å². The fourth-order valence-electron chi connectivity index (χ4n) is 3.01. The number of nitrogens with two attached hydrogens (primary N) is 1. The van der Waals surface area contributed by atoms with E-state index in [2.05, 4.69) is 46.5 Å². The highest BCUT2D eigenvalue weighted by molar-refractivity contribution is 5.79. The van der Waals surface area contributed by atoms with Gasteiger partial charge in [0.15, 0.2) is 0 Å². The van der Waals surface area contributed by atoms with Gasteiger partial charge in [-0.25, -0.2) is 4.98 Å². The summed E-state index contributed by atoms with van der Waals surface area (Å²) >= 11 is 0. The number of anilines is 1. The number of rotatable bonds is 3. The molecule has 0 saturated carbocycles. The van der Waals surface area contributed by atoms with Gasteiger partial charge in [0.25, 0.3) is 0 Å². The Morgan fingerprint density at radius 3 is 2.79 bits per heavy atom. The Kier molecular flexibility index (Phi) is 3.19. The second-order valence-electron chi connectivity index (χ2n) is 5.66. The molecule has 4 heteroatoms. The molecule has 2 aromatic rings. The van der Waals surface area contributed by atoms with Gasteiger partial charge >= 0.3 is 0 Å². The van der Waals surface area contributed by atoms with Crippen LogP contribution in [0.1, 0.15) is 25.3 Å². The summed E-state index contributed by atoms with van der Waals surface area (Å²) in [6.45, 7) is 7.72. The first kappa shape index (κ1) is 12.5. The zero-order valence-corrected chi connectivity index (χ0v) is 11.8. The number of fused-ring (bicyclic) bond motifs is 1. The first-order valence-electron chi connectivity index (χ1n) is 7.11. The fourth-order valence-corrected chi connectivity index (χ4v) is 3.01. The molecule has 0 aliphatic carbocycles. The molecule has 1 aliphatic heterocycles. The number of aromatic nitrogens is 2. The number of hydrogen-bond donors (Lipinski definition) is 1. The second-order valence-corrected chi connectivity index (χ2v) is 5.66. The predicted molar refractivity (Wildman–Crippen MR) is 79.2 cm³/mol. The van der Waals surface area contributed by atoms with Crippen molar-refractivity contribution in [1.82, 2.24) is 14.5 Å². The van der Waals surface area contributed by atoms with Crippen molar-refractivity contribution < 1.29 is 0 Å². The first-order chi connectivity index (χ1) is 9.15. The summed E-state index contributed by atoms with van der Waals surface area (Å²) in [5.74, 6) is 0.631. The Morgan fingerprint density at radius 2 is 2.05 bits per heavy atom. The Bertz CT molecular complexity index is 581. The normalized spacial score (nSPS) is 18.2. The third kappa shape index (κ3) is 2.32. The molecule has 0 amide bonds. The largest absolute Gasteiger partial charge is 0.369 e. The Labute approximate surface area is 114 Å². The van der Waals surface area contributed by atoms with E-state index in [1.807, 2.05) is 0 Å².